The minimum absolute atomic E-state index is 0. The average molecular weight is 477 g/mol. The molecule has 12 heteroatoms. The van der Waals surface area contributed by atoms with Crippen LogP contribution in [0.3, 0.4) is 0 Å². The summed E-state index contributed by atoms with van der Waals surface area (Å²) < 4.78 is 0. The Kier molecular flexibility index (Phi) is 8.03. The highest BCUT2D eigenvalue weighted by Crippen LogP contribution is 2.24. The molecule has 2 fully saturated rings. The fraction of sp³-hybridized carbons (Fsp3) is 0.524. The van der Waals surface area contributed by atoms with Gasteiger partial charge in [-0.2, -0.15) is 15.0 Å². The molecule has 0 spiro atoms. The summed E-state index contributed by atoms with van der Waals surface area (Å²) in [6.07, 6.45) is 1.52. The minimum atomic E-state index is -0.0497. The SMILES string of the molecule is CC(=O)c1ccc(Nc2nc(N3C[C@H](N)C[C@H](N)C3)nc(N3C[C@H](N)C[C@H](N)C3)n2)cc1.Cl. The van der Waals surface area contributed by atoms with Gasteiger partial charge in [-0.05, 0) is 44.0 Å². The van der Waals surface area contributed by atoms with E-state index in [1.807, 2.05) is 21.9 Å². The average Bonchev–Trinajstić information content (AvgIpc) is 2.72. The molecule has 1 aromatic heterocycles. The van der Waals surface area contributed by atoms with E-state index in [0.717, 1.165) is 18.5 Å². The summed E-state index contributed by atoms with van der Waals surface area (Å²) in [5.74, 6) is 1.42. The van der Waals surface area contributed by atoms with Crippen molar-refractivity contribution in [2.24, 2.45) is 22.9 Å². The van der Waals surface area contributed by atoms with Crippen molar-refractivity contribution in [1.29, 1.82) is 0 Å². The van der Waals surface area contributed by atoms with Gasteiger partial charge in [0.2, 0.25) is 17.8 Å². The monoisotopic (exact) mass is 476 g/mol. The van der Waals surface area contributed by atoms with E-state index < -0.39 is 0 Å². The van der Waals surface area contributed by atoms with Crippen molar-refractivity contribution in [3.63, 3.8) is 0 Å². The summed E-state index contributed by atoms with van der Waals surface area (Å²) in [6.45, 7) is 3.99. The fourth-order valence-electron chi connectivity index (χ4n) is 4.29. The number of nitrogens with zero attached hydrogens (tertiary/aromatic N) is 5. The quantitative estimate of drug-likeness (QED) is 0.366. The van der Waals surface area contributed by atoms with Crippen LogP contribution in [0.25, 0.3) is 0 Å². The summed E-state index contributed by atoms with van der Waals surface area (Å²) in [5, 5.41) is 3.22. The molecule has 2 aliphatic rings. The zero-order valence-electron chi connectivity index (χ0n) is 18.7. The molecule has 0 amide bonds. The van der Waals surface area contributed by atoms with E-state index in [4.69, 9.17) is 27.9 Å². The molecule has 4 rings (SSSR count). The first-order valence-electron chi connectivity index (χ1n) is 10.9. The lowest BCUT2D eigenvalue weighted by atomic mass is 10.0. The number of halogens is 1. The van der Waals surface area contributed by atoms with Crippen molar-refractivity contribution in [2.75, 3.05) is 41.3 Å². The molecule has 3 heterocycles. The van der Waals surface area contributed by atoms with Crippen LogP contribution in [-0.2, 0) is 0 Å². The zero-order valence-corrected chi connectivity index (χ0v) is 19.5. The highest BCUT2D eigenvalue weighted by molar-refractivity contribution is 5.94. The predicted octanol–water partition coefficient (Wildman–Crippen LogP) is -0.0310. The molecule has 0 unspecified atom stereocenters. The second-order valence-electron chi connectivity index (χ2n) is 8.84. The Morgan fingerprint density at radius 2 is 1.24 bits per heavy atom. The molecule has 4 atom stereocenters. The molecule has 2 aromatic rings. The smallest absolute Gasteiger partial charge is 0.233 e. The number of rotatable bonds is 5. The van der Waals surface area contributed by atoms with E-state index in [1.54, 1.807) is 12.1 Å². The second-order valence-corrected chi connectivity index (χ2v) is 8.84. The maximum Gasteiger partial charge on any atom is 0.233 e. The number of piperidine rings is 2. The summed E-state index contributed by atoms with van der Waals surface area (Å²) in [4.78, 5) is 29.5. The standard InChI is InChI=1S/C21H32N10O.ClH/c1-12(32)13-2-4-18(5-3-13)26-19-27-20(30-8-14(22)6-15(23)9-30)29-21(28-19)31-10-16(24)7-17(25)11-31;/h2-5,14-17H,6-11,22-25H2,1H3,(H,26,27,28,29);1H/t14-,15+,16-,17+;. The molecule has 33 heavy (non-hydrogen) atoms. The maximum absolute atomic E-state index is 11.6. The maximum atomic E-state index is 11.6. The highest BCUT2D eigenvalue weighted by Gasteiger charge is 2.28. The highest BCUT2D eigenvalue weighted by atomic mass is 35.5. The van der Waals surface area contributed by atoms with E-state index in [-0.39, 0.29) is 42.4 Å². The largest absolute Gasteiger partial charge is 0.338 e. The first kappa shape index (κ1) is 25.1. The van der Waals surface area contributed by atoms with Crippen molar-refractivity contribution in [3.05, 3.63) is 29.8 Å². The van der Waals surface area contributed by atoms with Crippen LogP contribution in [0, 0.1) is 0 Å². The number of benzene rings is 1. The van der Waals surface area contributed by atoms with Gasteiger partial charge >= 0.3 is 0 Å². The Morgan fingerprint density at radius 1 is 0.818 bits per heavy atom. The third-order valence-electron chi connectivity index (χ3n) is 5.76. The summed E-state index contributed by atoms with van der Waals surface area (Å²) in [6, 6.07) is 6.96. The van der Waals surface area contributed by atoms with Crippen molar-refractivity contribution >= 4 is 41.7 Å². The Bertz CT molecular complexity index is 894. The third-order valence-corrected chi connectivity index (χ3v) is 5.76. The molecule has 0 saturated carbocycles. The molecule has 9 N–H and O–H groups in total. The van der Waals surface area contributed by atoms with Crippen molar-refractivity contribution in [3.8, 4) is 0 Å². The van der Waals surface area contributed by atoms with E-state index in [0.29, 0.717) is 49.6 Å². The molecule has 180 valence electrons. The Labute approximate surface area is 199 Å². The lowest BCUT2D eigenvalue weighted by molar-refractivity contribution is 0.101. The molecule has 0 radical (unpaired) electrons. The van der Waals surface area contributed by atoms with Gasteiger partial charge in [0.15, 0.2) is 5.78 Å². The van der Waals surface area contributed by atoms with Crippen LogP contribution >= 0.6 is 12.4 Å². The summed E-state index contributed by atoms with van der Waals surface area (Å²) in [7, 11) is 0. The van der Waals surface area contributed by atoms with Crippen LogP contribution in [0.5, 0.6) is 0 Å². The number of anilines is 4. The number of nitrogens with two attached hydrogens (primary N) is 4. The summed E-state index contributed by atoms with van der Waals surface area (Å²) >= 11 is 0. The van der Waals surface area contributed by atoms with Gasteiger partial charge in [0.1, 0.15) is 0 Å². The number of hydrogen-bond donors (Lipinski definition) is 5. The molecular formula is C21H33ClN10O. The number of carbonyl (C=O) groups excluding carboxylic acids is 1. The van der Waals surface area contributed by atoms with Gasteiger partial charge in [-0.15, -0.1) is 12.4 Å². The number of Topliss-reactive ketones (excluding diaryl/α,β-unsaturated/α-hetero) is 1. The van der Waals surface area contributed by atoms with Gasteiger partial charge in [0.05, 0.1) is 0 Å². The number of hydrogen-bond acceptors (Lipinski definition) is 11. The zero-order chi connectivity index (χ0) is 22.8. The second kappa shape index (κ2) is 10.6. The van der Waals surface area contributed by atoms with Gasteiger partial charge < -0.3 is 38.1 Å². The normalized spacial score (nSPS) is 25.4. The van der Waals surface area contributed by atoms with Crippen LogP contribution < -0.4 is 38.1 Å². The number of aromatic nitrogens is 3. The van der Waals surface area contributed by atoms with Crippen LogP contribution in [0.1, 0.15) is 30.1 Å². The first-order valence-corrected chi connectivity index (χ1v) is 10.9. The topological polar surface area (TPSA) is 178 Å². The van der Waals surface area contributed by atoms with Crippen molar-refractivity contribution in [2.45, 2.75) is 43.9 Å². The van der Waals surface area contributed by atoms with E-state index in [9.17, 15) is 4.79 Å². The van der Waals surface area contributed by atoms with E-state index in [1.165, 1.54) is 6.92 Å². The number of nitrogens with one attached hydrogen (secondary N) is 1. The minimum Gasteiger partial charge on any atom is -0.338 e. The van der Waals surface area contributed by atoms with Gasteiger partial charge in [-0.3, -0.25) is 4.79 Å². The van der Waals surface area contributed by atoms with E-state index >= 15 is 0 Å². The Balaban J connectivity index is 0.00000306. The van der Waals surface area contributed by atoms with E-state index in [2.05, 4.69) is 15.3 Å². The van der Waals surface area contributed by atoms with Gasteiger partial charge in [-0.25, -0.2) is 0 Å². The lowest BCUT2D eigenvalue weighted by Crippen LogP contribution is -2.54. The van der Waals surface area contributed by atoms with Crippen LogP contribution in [0.2, 0.25) is 0 Å². The number of ketones is 1. The predicted molar refractivity (Wildman–Crippen MR) is 132 cm³/mol. The lowest BCUT2D eigenvalue weighted by Gasteiger charge is -2.37. The number of carbonyl (C=O) groups is 1. The van der Waals surface area contributed by atoms with Gasteiger partial charge in [0.25, 0.3) is 0 Å². The first-order chi connectivity index (χ1) is 15.3. The molecule has 0 bridgehead atoms. The molecular weight excluding hydrogens is 444 g/mol. The molecule has 1 aromatic carbocycles. The Morgan fingerprint density at radius 3 is 1.64 bits per heavy atom. The summed E-state index contributed by atoms with van der Waals surface area (Å²) in [5.41, 5.74) is 26.2. The van der Waals surface area contributed by atoms with Crippen molar-refractivity contribution in [1.82, 2.24) is 15.0 Å². The molecule has 2 saturated heterocycles. The van der Waals surface area contributed by atoms with Crippen LogP contribution in [0.15, 0.2) is 24.3 Å². The van der Waals surface area contributed by atoms with Gasteiger partial charge in [0, 0.05) is 61.6 Å². The van der Waals surface area contributed by atoms with Crippen LogP contribution in [-0.4, -0.2) is 71.1 Å². The molecule has 2 aliphatic heterocycles. The molecule has 11 nitrogen and oxygen atoms in total. The van der Waals surface area contributed by atoms with Crippen LogP contribution in [0.4, 0.5) is 23.5 Å². The molecule has 0 aliphatic carbocycles. The van der Waals surface area contributed by atoms with Gasteiger partial charge in [-0.1, -0.05) is 0 Å². The fourth-order valence-corrected chi connectivity index (χ4v) is 4.29. The Hall–Kier alpha value is -2.57. The third kappa shape index (κ3) is 6.27. The van der Waals surface area contributed by atoms with Crippen molar-refractivity contribution < 1.29 is 4.79 Å².